The van der Waals surface area contributed by atoms with E-state index in [2.05, 4.69) is 14.7 Å². The van der Waals surface area contributed by atoms with Gasteiger partial charge in [0.05, 0.1) is 18.1 Å². The van der Waals surface area contributed by atoms with Crippen LogP contribution < -0.4 is 4.72 Å². The molecule has 0 aliphatic carbocycles. The first kappa shape index (κ1) is 12.3. The van der Waals surface area contributed by atoms with Crippen molar-refractivity contribution in [1.29, 1.82) is 0 Å². The van der Waals surface area contributed by atoms with Gasteiger partial charge in [-0.25, -0.2) is 13.1 Å². The first-order valence-electron chi connectivity index (χ1n) is 10.5. The second kappa shape index (κ2) is 8.82. The number of hydrogen-bond donors (Lipinski definition) is 1. The lowest BCUT2D eigenvalue weighted by Gasteiger charge is -2.13. The van der Waals surface area contributed by atoms with Gasteiger partial charge < -0.3 is 4.74 Å². The van der Waals surface area contributed by atoms with Gasteiger partial charge in [-0.2, -0.15) is 0 Å². The predicted octanol–water partition coefficient (Wildman–Crippen LogP) is 3.57. The minimum Gasteiger partial charge on any atom is -0.380 e. The van der Waals surface area contributed by atoms with E-state index >= 15 is 0 Å². The van der Waals surface area contributed by atoms with E-state index in [4.69, 9.17) is 18.5 Å². The molecule has 0 saturated carbocycles. The summed E-state index contributed by atoms with van der Waals surface area (Å²) in [5.74, 6) is -1.76. The van der Waals surface area contributed by atoms with Gasteiger partial charge in [0.2, 0.25) is 10.0 Å². The van der Waals surface area contributed by atoms with E-state index in [-0.39, 0.29) is 47.5 Å². The zero-order valence-corrected chi connectivity index (χ0v) is 14.2. The maximum Gasteiger partial charge on any atom is 0.241 e. The van der Waals surface area contributed by atoms with Crippen molar-refractivity contribution in [3.05, 3.63) is 52.4 Å². The minimum absolute atomic E-state index is 0.0379. The Morgan fingerprint density at radius 1 is 1.24 bits per heavy atom. The van der Waals surface area contributed by atoms with Crippen molar-refractivity contribution < 1.29 is 21.4 Å². The van der Waals surface area contributed by atoms with E-state index < -0.39 is 29.6 Å². The Morgan fingerprint density at radius 3 is 2.76 bits per heavy atom. The van der Waals surface area contributed by atoms with Gasteiger partial charge >= 0.3 is 0 Å². The largest absolute Gasteiger partial charge is 0.380 e. The first-order valence-corrected chi connectivity index (χ1v) is 8.98. The quantitative estimate of drug-likeness (QED) is 0.316. The van der Waals surface area contributed by atoms with Crippen LogP contribution in [0.5, 0.6) is 0 Å². The third-order valence-corrected chi connectivity index (χ3v) is 4.97. The first-order chi connectivity index (χ1) is 14.4. The molecule has 0 unspecified atom stereocenters. The molecule has 2 aromatic carbocycles. The molecule has 25 heavy (non-hydrogen) atoms. The van der Waals surface area contributed by atoms with Crippen LogP contribution in [-0.2, 0) is 14.8 Å². The van der Waals surface area contributed by atoms with Crippen LogP contribution in [0.3, 0.4) is 0 Å². The van der Waals surface area contributed by atoms with Gasteiger partial charge in [-0.05, 0) is 28.5 Å². The zero-order chi connectivity index (χ0) is 23.3. The summed E-state index contributed by atoms with van der Waals surface area (Å²) >= 11 is 0. The Kier molecular flexibility index (Phi) is 4.33. The second-order valence-corrected chi connectivity index (χ2v) is 6.83. The van der Waals surface area contributed by atoms with E-state index in [9.17, 15) is 8.42 Å². The SMILES string of the molecule is [2H]C([2H])([2H])C(c1cccc2c(S(=O)(=O)NCCOCCN=[N+]=[N-])cccc12)C([2H])([2H])[2H]. The molecular weight excluding hydrogens is 340 g/mol. The number of ether oxygens (including phenoxy) is 1. The fraction of sp³-hybridized carbons (Fsp3) is 0.412. The molecule has 7 nitrogen and oxygen atoms in total. The lowest BCUT2D eigenvalue weighted by Crippen LogP contribution is -2.28. The fourth-order valence-corrected chi connectivity index (χ4v) is 3.60. The van der Waals surface area contributed by atoms with Crippen LogP contribution in [0.4, 0.5) is 0 Å². The van der Waals surface area contributed by atoms with Crippen molar-refractivity contribution in [2.75, 3.05) is 26.3 Å². The molecular formula is C17H22N4O3S. The average molecular weight is 368 g/mol. The number of sulfonamides is 1. The third-order valence-electron chi connectivity index (χ3n) is 3.45. The highest BCUT2D eigenvalue weighted by atomic mass is 32.2. The van der Waals surface area contributed by atoms with Gasteiger partial charge in [0, 0.05) is 31.6 Å². The van der Waals surface area contributed by atoms with Gasteiger partial charge in [-0.3, -0.25) is 0 Å². The smallest absolute Gasteiger partial charge is 0.241 e. The molecule has 0 fully saturated rings. The molecule has 0 aliphatic heterocycles. The van der Waals surface area contributed by atoms with Crippen LogP contribution in [0.1, 0.15) is 33.4 Å². The summed E-state index contributed by atoms with van der Waals surface area (Å²) in [7, 11) is -3.99. The van der Waals surface area contributed by atoms with E-state index in [1.807, 2.05) is 0 Å². The lowest BCUT2D eigenvalue weighted by atomic mass is 9.96. The summed E-state index contributed by atoms with van der Waals surface area (Å²) in [5.41, 5.74) is 8.22. The molecule has 0 spiro atoms. The van der Waals surface area contributed by atoms with Gasteiger partial charge in [0.25, 0.3) is 0 Å². The Bertz CT molecular complexity index is 1050. The highest BCUT2D eigenvalue weighted by Crippen LogP contribution is 2.29. The monoisotopic (exact) mass is 368 g/mol. The molecule has 0 bridgehead atoms. The molecule has 0 saturated heterocycles. The van der Waals surface area contributed by atoms with E-state index in [1.165, 1.54) is 36.4 Å². The van der Waals surface area contributed by atoms with E-state index in [1.54, 1.807) is 0 Å². The number of azide groups is 1. The van der Waals surface area contributed by atoms with Gasteiger partial charge in [0.1, 0.15) is 0 Å². The minimum atomic E-state index is -3.99. The van der Waals surface area contributed by atoms with Crippen LogP contribution in [0.25, 0.3) is 21.2 Å². The Balaban J connectivity index is 2.37. The maximum absolute atomic E-state index is 12.8. The number of fused-ring (bicyclic) bond motifs is 1. The van der Waals surface area contributed by atoms with Gasteiger partial charge in [-0.15, -0.1) is 0 Å². The Morgan fingerprint density at radius 2 is 2.00 bits per heavy atom. The molecule has 0 radical (unpaired) electrons. The molecule has 0 amide bonds. The number of hydrogen-bond acceptors (Lipinski definition) is 4. The number of nitrogens with one attached hydrogen (secondary N) is 1. The molecule has 8 heteroatoms. The summed E-state index contributed by atoms with van der Waals surface area (Å²) in [4.78, 5) is 2.47. The summed E-state index contributed by atoms with van der Waals surface area (Å²) in [6.07, 6.45) is 0. The molecule has 0 heterocycles. The van der Waals surface area contributed by atoms with Gasteiger partial charge in [0.15, 0.2) is 0 Å². The van der Waals surface area contributed by atoms with Crippen LogP contribution in [-0.4, -0.2) is 34.7 Å². The van der Waals surface area contributed by atoms with Crippen molar-refractivity contribution in [2.24, 2.45) is 5.11 Å². The third kappa shape index (κ3) is 4.93. The Labute approximate surface area is 156 Å². The number of benzene rings is 2. The van der Waals surface area contributed by atoms with Crippen LogP contribution in [0, 0.1) is 0 Å². The normalized spacial score (nSPS) is 16.2. The highest BCUT2D eigenvalue weighted by molar-refractivity contribution is 7.89. The standard InChI is InChI=1S/C17H22N4O3S/c1-13(2)14-5-3-7-16-15(14)6-4-8-17(16)25(22,23)20-10-12-24-11-9-19-21-18/h3-8,13,20H,9-12H2,1-2H3/i1D3,2D3. The molecule has 2 aromatic rings. The predicted molar refractivity (Wildman–Crippen MR) is 98.1 cm³/mol. The van der Waals surface area contributed by atoms with E-state index in [0.717, 1.165) is 0 Å². The topological polar surface area (TPSA) is 104 Å². The van der Waals surface area contributed by atoms with Crippen molar-refractivity contribution in [3.63, 3.8) is 0 Å². The second-order valence-electron chi connectivity index (χ2n) is 5.10. The molecule has 1 N–H and O–H groups in total. The van der Waals surface area contributed by atoms with Crippen molar-refractivity contribution in [2.45, 2.75) is 24.5 Å². The summed E-state index contributed by atoms with van der Waals surface area (Å²) < 4.78 is 79.4. The van der Waals surface area contributed by atoms with Crippen LogP contribution in [0.15, 0.2) is 46.4 Å². The average Bonchev–Trinajstić information content (AvgIpc) is 2.65. The Hall–Kier alpha value is -2.12. The molecule has 0 aliphatic rings. The highest BCUT2D eigenvalue weighted by Gasteiger charge is 2.18. The molecule has 0 aromatic heterocycles. The number of rotatable bonds is 9. The maximum atomic E-state index is 12.8. The van der Waals surface area contributed by atoms with Crippen molar-refractivity contribution in [1.82, 2.24) is 4.72 Å². The van der Waals surface area contributed by atoms with Gasteiger partial charge in [-0.1, -0.05) is 49.1 Å². The summed E-state index contributed by atoms with van der Waals surface area (Å²) in [6.45, 7) is -5.32. The summed E-state index contributed by atoms with van der Waals surface area (Å²) in [5, 5.41) is 3.76. The summed E-state index contributed by atoms with van der Waals surface area (Å²) in [6, 6.07) is 8.64. The van der Waals surface area contributed by atoms with Crippen LogP contribution >= 0.6 is 0 Å². The van der Waals surface area contributed by atoms with Crippen LogP contribution in [0.2, 0.25) is 0 Å². The fourth-order valence-electron chi connectivity index (χ4n) is 2.37. The molecule has 134 valence electrons. The zero-order valence-electron chi connectivity index (χ0n) is 19.3. The van der Waals surface area contributed by atoms with Crippen molar-refractivity contribution in [3.8, 4) is 0 Å². The molecule has 2 rings (SSSR count). The lowest BCUT2D eigenvalue weighted by molar-refractivity contribution is 0.147. The number of nitrogens with zero attached hydrogens (tertiary/aromatic N) is 3. The van der Waals surface area contributed by atoms with Crippen molar-refractivity contribution >= 4 is 20.8 Å². The molecule has 0 atom stereocenters. The van der Waals surface area contributed by atoms with E-state index in [0.29, 0.717) is 0 Å².